The molecule has 0 amide bonds. The number of aliphatic hydroxyl groups is 3. The number of hydrogen-bond donors (Lipinski definition) is 3. The molecule has 8 atom stereocenters. The van der Waals surface area contributed by atoms with Crippen LogP contribution in [0.5, 0.6) is 0 Å². The van der Waals surface area contributed by atoms with Gasteiger partial charge in [0.15, 0.2) is 0 Å². The van der Waals surface area contributed by atoms with Gasteiger partial charge in [-0.2, -0.15) is 0 Å². The lowest BCUT2D eigenvalue weighted by Crippen LogP contribution is -2.33. The molecule has 7 heteroatoms. The van der Waals surface area contributed by atoms with Crippen molar-refractivity contribution in [3.63, 3.8) is 0 Å². The Kier molecular flexibility index (Phi) is 17.0. The smallest absolute Gasteiger partial charge is 0.334 e. The summed E-state index contributed by atoms with van der Waals surface area (Å²) in [5.41, 5.74) is 0.606. The van der Waals surface area contributed by atoms with Gasteiger partial charge in [0.25, 0.3) is 0 Å². The van der Waals surface area contributed by atoms with Crippen LogP contribution in [0.4, 0.5) is 0 Å². The molecule has 0 radical (unpaired) electrons. The molecule has 3 rings (SSSR count). The number of rotatable bonds is 23. The van der Waals surface area contributed by atoms with Crippen LogP contribution in [0.3, 0.4) is 0 Å². The average Bonchev–Trinajstić information content (AvgIpc) is 3.72. The highest BCUT2D eigenvalue weighted by atomic mass is 16.6. The molecule has 0 aromatic heterocycles. The molecule has 3 aliphatic heterocycles. The molecule has 42 heavy (non-hydrogen) atoms. The number of aliphatic hydroxyl groups excluding tert-OH is 3. The Morgan fingerprint density at radius 2 is 1.14 bits per heavy atom. The van der Waals surface area contributed by atoms with E-state index in [2.05, 4.69) is 6.92 Å². The van der Waals surface area contributed by atoms with Gasteiger partial charge in [-0.1, -0.05) is 96.8 Å². The van der Waals surface area contributed by atoms with Crippen molar-refractivity contribution in [2.24, 2.45) is 0 Å². The monoisotopic (exact) mass is 594 g/mol. The maximum atomic E-state index is 11.7. The SMILES string of the molecule is CCCCCCCCCC[C@H](O)[C@H]1CC[C@@H]([C@@H]2CC[C@H]([C@H](O)CCCCCCCC[C@@H](O)CC3=C[C@H](C)OC3=O)O2)O1. The number of cyclic esters (lactones) is 1. The van der Waals surface area contributed by atoms with Crippen molar-refractivity contribution in [1.29, 1.82) is 0 Å². The minimum Gasteiger partial charge on any atom is -0.455 e. The molecular formula is C35H62O7. The van der Waals surface area contributed by atoms with Crippen molar-refractivity contribution in [2.75, 3.05) is 0 Å². The molecule has 3 aliphatic rings. The zero-order chi connectivity index (χ0) is 30.2. The second-order valence-electron chi connectivity index (χ2n) is 13.3. The molecule has 2 fully saturated rings. The number of hydrogen-bond acceptors (Lipinski definition) is 7. The first kappa shape index (κ1) is 35.5. The molecule has 2 saturated heterocycles. The molecule has 0 bridgehead atoms. The third-order valence-corrected chi connectivity index (χ3v) is 9.53. The number of carbonyl (C=O) groups excluding carboxylic acids is 1. The van der Waals surface area contributed by atoms with E-state index < -0.39 is 12.2 Å². The van der Waals surface area contributed by atoms with Gasteiger partial charge in [0.1, 0.15) is 6.10 Å². The van der Waals surface area contributed by atoms with E-state index in [0.717, 1.165) is 83.5 Å². The van der Waals surface area contributed by atoms with Crippen LogP contribution in [0.1, 0.15) is 155 Å². The summed E-state index contributed by atoms with van der Waals surface area (Å²) in [5, 5.41) is 31.6. The first-order valence-corrected chi connectivity index (χ1v) is 17.6. The molecule has 3 N–H and O–H groups in total. The van der Waals surface area contributed by atoms with E-state index in [-0.39, 0.29) is 42.6 Å². The van der Waals surface area contributed by atoms with E-state index in [1.165, 1.54) is 44.9 Å². The van der Waals surface area contributed by atoms with Crippen LogP contribution in [0.2, 0.25) is 0 Å². The van der Waals surface area contributed by atoms with E-state index in [4.69, 9.17) is 14.2 Å². The van der Waals surface area contributed by atoms with Gasteiger partial charge in [-0.05, 0) is 57.9 Å². The van der Waals surface area contributed by atoms with Gasteiger partial charge in [0.2, 0.25) is 0 Å². The van der Waals surface area contributed by atoms with Crippen molar-refractivity contribution in [3.8, 4) is 0 Å². The van der Waals surface area contributed by atoms with E-state index in [1.54, 1.807) is 6.08 Å². The summed E-state index contributed by atoms with van der Waals surface area (Å²) in [6.45, 7) is 4.08. The Balaban J connectivity index is 1.16. The summed E-state index contributed by atoms with van der Waals surface area (Å²) in [6.07, 6.45) is 23.2. The molecule has 0 aliphatic carbocycles. The molecule has 0 aromatic rings. The first-order chi connectivity index (χ1) is 20.4. The van der Waals surface area contributed by atoms with Crippen molar-refractivity contribution in [1.82, 2.24) is 0 Å². The minimum atomic E-state index is -0.482. The molecule has 244 valence electrons. The van der Waals surface area contributed by atoms with Gasteiger partial charge in [-0.25, -0.2) is 4.79 Å². The number of carbonyl (C=O) groups is 1. The molecule has 0 aromatic carbocycles. The molecular weight excluding hydrogens is 532 g/mol. The maximum Gasteiger partial charge on any atom is 0.334 e. The van der Waals surface area contributed by atoms with Crippen LogP contribution in [0.25, 0.3) is 0 Å². The van der Waals surface area contributed by atoms with Gasteiger partial charge >= 0.3 is 5.97 Å². The zero-order valence-corrected chi connectivity index (χ0v) is 26.7. The predicted octanol–water partition coefficient (Wildman–Crippen LogP) is 7.08. The fraction of sp³-hybridized carbons (Fsp3) is 0.914. The highest BCUT2D eigenvalue weighted by Crippen LogP contribution is 2.34. The average molecular weight is 595 g/mol. The summed E-state index contributed by atoms with van der Waals surface area (Å²) in [6, 6.07) is 0. The number of ether oxygens (including phenoxy) is 3. The first-order valence-electron chi connectivity index (χ1n) is 17.6. The number of esters is 1. The van der Waals surface area contributed by atoms with E-state index >= 15 is 0 Å². The summed E-state index contributed by atoms with van der Waals surface area (Å²) in [4.78, 5) is 11.7. The van der Waals surface area contributed by atoms with Crippen LogP contribution in [-0.4, -0.2) is 70.1 Å². The van der Waals surface area contributed by atoms with Gasteiger partial charge in [0, 0.05) is 12.0 Å². The minimum absolute atomic E-state index is 0.0410. The lowest BCUT2D eigenvalue weighted by molar-refractivity contribution is -0.139. The fourth-order valence-corrected chi connectivity index (χ4v) is 6.93. The Labute approximate surface area is 255 Å². The Hall–Kier alpha value is -0.990. The zero-order valence-electron chi connectivity index (χ0n) is 26.7. The van der Waals surface area contributed by atoms with Crippen molar-refractivity contribution in [3.05, 3.63) is 11.6 Å². The summed E-state index contributed by atoms with van der Waals surface area (Å²) < 4.78 is 17.6. The van der Waals surface area contributed by atoms with Crippen LogP contribution in [0, 0.1) is 0 Å². The van der Waals surface area contributed by atoms with Gasteiger partial charge in [-0.3, -0.25) is 0 Å². The Bertz CT molecular complexity index is 770. The number of unbranched alkanes of at least 4 members (excludes halogenated alkanes) is 12. The maximum absolute atomic E-state index is 11.7. The Morgan fingerprint density at radius 3 is 1.60 bits per heavy atom. The summed E-state index contributed by atoms with van der Waals surface area (Å²) in [5.74, 6) is -0.290. The predicted molar refractivity (Wildman–Crippen MR) is 166 cm³/mol. The molecule has 0 spiro atoms. The highest BCUT2D eigenvalue weighted by Gasteiger charge is 2.40. The van der Waals surface area contributed by atoms with E-state index in [9.17, 15) is 20.1 Å². The topological polar surface area (TPSA) is 105 Å². The molecule has 0 saturated carbocycles. The van der Waals surface area contributed by atoms with Gasteiger partial charge in [-0.15, -0.1) is 0 Å². The van der Waals surface area contributed by atoms with E-state index in [0.29, 0.717) is 18.4 Å². The van der Waals surface area contributed by atoms with Crippen molar-refractivity contribution < 1.29 is 34.3 Å². The highest BCUT2D eigenvalue weighted by molar-refractivity contribution is 5.90. The second-order valence-corrected chi connectivity index (χ2v) is 13.3. The van der Waals surface area contributed by atoms with E-state index in [1.807, 2.05) is 6.92 Å². The van der Waals surface area contributed by atoms with Gasteiger partial charge in [0.05, 0.1) is 42.7 Å². The molecule has 7 nitrogen and oxygen atoms in total. The Morgan fingerprint density at radius 1 is 0.690 bits per heavy atom. The molecule has 0 unspecified atom stereocenters. The molecule has 3 heterocycles. The lowest BCUT2D eigenvalue weighted by Gasteiger charge is -2.24. The second kappa shape index (κ2) is 20.1. The normalized spacial score (nSPS) is 28.2. The third kappa shape index (κ3) is 12.9. The quantitative estimate of drug-likeness (QED) is 0.0858. The summed E-state index contributed by atoms with van der Waals surface area (Å²) >= 11 is 0. The lowest BCUT2D eigenvalue weighted by atomic mass is 10.00. The third-order valence-electron chi connectivity index (χ3n) is 9.53. The van der Waals surface area contributed by atoms with Crippen LogP contribution < -0.4 is 0 Å². The van der Waals surface area contributed by atoms with Gasteiger partial charge < -0.3 is 29.5 Å². The van der Waals surface area contributed by atoms with Crippen molar-refractivity contribution in [2.45, 2.75) is 204 Å². The standard InChI is InChI=1S/C35H62O7/c1-3-4-5-6-7-8-12-15-18-29(37)31-20-22-33(41-31)34-23-21-32(42-34)30(38)19-16-13-10-9-11-14-17-28(36)25-27-24-26(2)40-35(27)39/h24,26,28-34,36-38H,3-23,25H2,1-2H3/t26-,28+,29-,30+,31+,32+,33-,34-/m0/s1. The van der Waals surface area contributed by atoms with Crippen LogP contribution in [0.15, 0.2) is 11.6 Å². The van der Waals surface area contributed by atoms with Crippen LogP contribution in [-0.2, 0) is 19.0 Å². The summed E-state index contributed by atoms with van der Waals surface area (Å²) in [7, 11) is 0. The van der Waals surface area contributed by atoms with Crippen LogP contribution >= 0.6 is 0 Å². The van der Waals surface area contributed by atoms with Crippen molar-refractivity contribution >= 4 is 5.97 Å². The largest absolute Gasteiger partial charge is 0.455 e. The fourth-order valence-electron chi connectivity index (χ4n) is 6.93.